The summed E-state index contributed by atoms with van der Waals surface area (Å²) in [6, 6.07) is 5.46. The number of nitrogens with zero attached hydrogens (tertiary/aromatic N) is 4. The Kier molecular flexibility index (Phi) is 8.44. The highest BCUT2D eigenvalue weighted by atomic mass is 79.9. The van der Waals surface area contributed by atoms with Gasteiger partial charge in [0.25, 0.3) is 5.91 Å². The Balaban J connectivity index is 1.98. The molecule has 1 aromatic carbocycles. The van der Waals surface area contributed by atoms with Crippen molar-refractivity contribution in [3.8, 4) is 6.07 Å². The number of nitriles is 1. The molecule has 0 atom stereocenters. The number of alkyl halides is 2. The molecule has 1 heterocycles. The molecule has 202 valence electrons. The molecule has 1 aromatic heterocycles. The molecule has 1 aliphatic rings. The Labute approximate surface area is 222 Å². The van der Waals surface area contributed by atoms with Crippen molar-refractivity contribution < 1.29 is 31.5 Å². The van der Waals surface area contributed by atoms with Gasteiger partial charge in [-0.25, -0.2) is 8.42 Å². The molecule has 3 rings (SSSR count). The average molecular weight is 622 g/mol. The quantitative estimate of drug-likeness (QED) is 0.180. The van der Waals surface area contributed by atoms with Crippen LogP contribution in [0.4, 0.5) is 8.78 Å². The number of nitrogens with one attached hydrogen (secondary N) is 2. The van der Waals surface area contributed by atoms with Crippen LogP contribution in [0, 0.1) is 11.3 Å². The Morgan fingerprint density at radius 2 is 1.97 bits per heavy atom. The molecule has 1 saturated carbocycles. The number of carbonyl (C=O) groups is 2. The number of rotatable bonds is 10. The van der Waals surface area contributed by atoms with Gasteiger partial charge in [-0.3, -0.25) is 25.1 Å². The van der Waals surface area contributed by atoms with Gasteiger partial charge in [-0.1, -0.05) is 19.6 Å². The fraction of sp³-hybridized carbons (Fsp3) is 0.524. The summed E-state index contributed by atoms with van der Waals surface area (Å²) in [4.78, 5) is 23.5. The van der Waals surface area contributed by atoms with E-state index >= 15 is 0 Å². The van der Waals surface area contributed by atoms with E-state index in [2.05, 4.69) is 46.7 Å². The Bertz CT molecular complexity index is 1370. The maximum absolute atomic E-state index is 13.8. The van der Waals surface area contributed by atoms with Crippen molar-refractivity contribution in [3.63, 3.8) is 0 Å². The van der Waals surface area contributed by atoms with Crippen LogP contribution in [0.15, 0.2) is 21.5 Å². The number of aromatic nitrogens is 2. The van der Waals surface area contributed by atoms with Crippen molar-refractivity contribution >= 4 is 56.7 Å². The number of hydrazine groups is 1. The van der Waals surface area contributed by atoms with E-state index in [-0.39, 0.29) is 27.2 Å². The fourth-order valence-corrected chi connectivity index (χ4v) is 6.81. The molecule has 2 amide bonds. The number of sulfonamides is 1. The molecule has 0 bridgehead atoms. The molecule has 0 aliphatic heterocycles. The van der Waals surface area contributed by atoms with E-state index in [4.69, 9.17) is 4.74 Å². The van der Waals surface area contributed by atoms with Crippen LogP contribution in [0.3, 0.4) is 0 Å². The number of halogens is 3. The lowest BCUT2D eigenvalue weighted by Crippen LogP contribution is -2.44. The third-order valence-corrected chi connectivity index (χ3v) is 9.96. The van der Waals surface area contributed by atoms with Crippen molar-refractivity contribution in [2.75, 3.05) is 13.3 Å². The number of hydrogen-bond acceptors (Lipinski definition) is 7. The third kappa shape index (κ3) is 6.34. The third-order valence-electron chi connectivity index (χ3n) is 5.78. The number of aryl methyl sites for hydroxylation is 1. The van der Waals surface area contributed by atoms with Crippen molar-refractivity contribution in [2.45, 2.75) is 55.4 Å². The highest BCUT2D eigenvalue weighted by molar-refractivity contribution is 9.10. The van der Waals surface area contributed by atoms with Crippen LogP contribution in [0.2, 0.25) is 25.7 Å². The summed E-state index contributed by atoms with van der Waals surface area (Å²) in [5, 5.41) is 13.9. The first kappa shape index (κ1) is 29.1. The second-order valence-corrected chi connectivity index (χ2v) is 18.2. The molecule has 11 nitrogen and oxygen atoms in total. The van der Waals surface area contributed by atoms with Gasteiger partial charge in [-0.2, -0.15) is 23.4 Å². The van der Waals surface area contributed by atoms with Crippen molar-refractivity contribution in [2.24, 2.45) is 7.05 Å². The first-order chi connectivity index (χ1) is 17.1. The number of hydrogen-bond donors (Lipinski definition) is 2. The van der Waals surface area contributed by atoms with Gasteiger partial charge in [0.2, 0.25) is 10.0 Å². The lowest BCUT2D eigenvalue weighted by atomic mass is 10.2. The van der Waals surface area contributed by atoms with Crippen molar-refractivity contribution in [1.82, 2.24) is 24.9 Å². The molecule has 0 radical (unpaired) electrons. The van der Waals surface area contributed by atoms with Crippen LogP contribution in [0.5, 0.6) is 0 Å². The van der Waals surface area contributed by atoms with Crippen LogP contribution in [0.25, 0.3) is 10.9 Å². The summed E-state index contributed by atoms with van der Waals surface area (Å²) in [7, 11) is -4.21. The molecule has 0 spiro atoms. The molecule has 1 fully saturated rings. The van der Waals surface area contributed by atoms with E-state index in [1.165, 1.54) is 23.9 Å². The standard InChI is InChI=1S/C21H27BrF2N6O5SSi/c1-29-17-14(16(28-29)19(31)26-27-20(32)18(23)24)9-13(10-15(17)22)36(33,34)30(21(11-25)5-6-21)12-35-7-8-37(2,3)4/h9-10,18H,5-8,12H2,1-4H3,(H,26,31)(H,27,32). The Hall–Kier alpha value is -2.45. The van der Waals surface area contributed by atoms with E-state index in [9.17, 15) is 32.0 Å². The van der Waals surface area contributed by atoms with E-state index in [0.29, 0.717) is 25.0 Å². The fourth-order valence-electron chi connectivity index (χ4n) is 3.50. The highest BCUT2D eigenvalue weighted by Crippen LogP contribution is 2.44. The van der Waals surface area contributed by atoms with Gasteiger partial charge in [0.15, 0.2) is 5.69 Å². The van der Waals surface area contributed by atoms with E-state index in [1.807, 2.05) is 5.43 Å². The average Bonchev–Trinajstić information content (AvgIpc) is 3.52. The van der Waals surface area contributed by atoms with Crippen LogP contribution in [0.1, 0.15) is 23.3 Å². The molecular weight excluding hydrogens is 594 g/mol. The van der Waals surface area contributed by atoms with Crippen LogP contribution in [-0.4, -0.2) is 67.7 Å². The smallest absolute Gasteiger partial charge is 0.317 e. The number of fused-ring (bicyclic) bond motifs is 1. The van der Waals surface area contributed by atoms with Crippen LogP contribution in [-0.2, 0) is 26.6 Å². The normalized spacial score (nSPS) is 15.1. The van der Waals surface area contributed by atoms with Crippen LogP contribution >= 0.6 is 15.9 Å². The van der Waals surface area contributed by atoms with E-state index in [0.717, 1.165) is 10.3 Å². The summed E-state index contributed by atoms with van der Waals surface area (Å²) in [6.45, 7) is 6.53. The lowest BCUT2D eigenvalue weighted by molar-refractivity contribution is -0.132. The molecule has 2 aromatic rings. The number of benzene rings is 1. The minimum absolute atomic E-state index is 0.0839. The zero-order chi connectivity index (χ0) is 27.8. The predicted octanol–water partition coefficient (Wildman–Crippen LogP) is 2.72. The molecule has 37 heavy (non-hydrogen) atoms. The summed E-state index contributed by atoms with van der Waals surface area (Å²) < 4.78 is 60.8. The van der Waals surface area contributed by atoms with Crippen molar-refractivity contribution in [1.29, 1.82) is 5.26 Å². The second-order valence-electron chi connectivity index (χ2n) is 9.86. The summed E-state index contributed by atoms with van der Waals surface area (Å²) in [5.41, 5.74) is 2.25. The Morgan fingerprint density at radius 1 is 1.32 bits per heavy atom. The minimum Gasteiger partial charge on any atom is -0.365 e. The molecule has 1 aliphatic carbocycles. The largest absolute Gasteiger partial charge is 0.365 e. The topological polar surface area (TPSA) is 146 Å². The summed E-state index contributed by atoms with van der Waals surface area (Å²) in [5.74, 6) is -2.74. The van der Waals surface area contributed by atoms with Crippen molar-refractivity contribution in [3.05, 3.63) is 22.3 Å². The number of amides is 2. The predicted molar refractivity (Wildman–Crippen MR) is 136 cm³/mol. The maximum Gasteiger partial charge on any atom is 0.317 e. The van der Waals surface area contributed by atoms with Gasteiger partial charge in [-0.15, -0.1) is 0 Å². The maximum atomic E-state index is 13.8. The number of ether oxygens (including phenoxy) is 1. The lowest BCUT2D eigenvalue weighted by Gasteiger charge is -2.27. The minimum atomic E-state index is -4.28. The van der Waals surface area contributed by atoms with Gasteiger partial charge < -0.3 is 4.74 Å². The summed E-state index contributed by atoms with van der Waals surface area (Å²) >= 11 is 3.32. The zero-order valence-corrected chi connectivity index (χ0v) is 24.0. The monoisotopic (exact) mass is 620 g/mol. The first-order valence-corrected chi connectivity index (χ1v) is 17.1. The Morgan fingerprint density at radius 3 is 2.51 bits per heavy atom. The van der Waals surface area contributed by atoms with Gasteiger partial charge in [0.05, 0.1) is 16.5 Å². The molecule has 0 saturated heterocycles. The van der Waals surface area contributed by atoms with E-state index in [1.54, 1.807) is 5.43 Å². The van der Waals surface area contributed by atoms with E-state index < -0.39 is 41.9 Å². The second kappa shape index (κ2) is 10.7. The first-order valence-electron chi connectivity index (χ1n) is 11.2. The SMILES string of the molecule is Cn1nc(C(=O)NNC(=O)C(F)F)c2cc(S(=O)(=O)N(COCC[Si](C)(C)C)C3(C#N)CC3)cc(Br)c21. The molecule has 0 unspecified atom stereocenters. The molecule has 2 N–H and O–H groups in total. The molecule has 16 heteroatoms. The van der Waals surface area contributed by atoms with Gasteiger partial charge in [-0.05, 0) is 46.9 Å². The van der Waals surface area contributed by atoms with Gasteiger partial charge >= 0.3 is 12.3 Å². The van der Waals surface area contributed by atoms with Crippen LogP contribution < -0.4 is 10.9 Å². The molecular formula is C21H27BrF2N6O5SSi. The highest BCUT2D eigenvalue weighted by Gasteiger charge is 2.54. The zero-order valence-electron chi connectivity index (χ0n) is 20.6. The van der Waals surface area contributed by atoms with Gasteiger partial charge in [0.1, 0.15) is 12.3 Å². The van der Waals surface area contributed by atoms with Gasteiger partial charge in [0, 0.05) is 31.6 Å². The number of carbonyl (C=O) groups excluding carboxylic acids is 2. The summed E-state index contributed by atoms with van der Waals surface area (Å²) in [6.07, 6.45) is -2.64.